The molecule has 27 heavy (non-hydrogen) atoms. The molecule has 0 bridgehead atoms. The standard InChI is InChI=1S/C17H21N5O3S2/c1-22(9-14(23)18-11-7-8-11)15(24)10-26-17-21-20-16(27-17)19-12-5-3-4-6-13(12)25-2/h3-6,11H,7-10H2,1-2H3,(H,18,23)(H,19,20). The molecule has 1 heterocycles. The van der Waals surface area contributed by atoms with Crippen molar-refractivity contribution in [3.8, 4) is 5.75 Å². The monoisotopic (exact) mass is 407 g/mol. The number of carbonyl (C=O) groups excluding carboxylic acids is 2. The van der Waals surface area contributed by atoms with Crippen LogP contribution in [0.5, 0.6) is 5.75 Å². The highest BCUT2D eigenvalue weighted by atomic mass is 32.2. The highest BCUT2D eigenvalue weighted by Gasteiger charge is 2.24. The van der Waals surface area contributed by atoms with E-state index in [9.17, 15) is 9.59 Å². The topological polar surface area (TPSA) is 96.4 Å². The second kappa shape index (κ2) is 9.05. The summed E-state index contributed by atoms with van der Waals surface area (Å²) >= 11 is 2.66. The van der Waals surface area contributed by atoms with Crippen LogP contribution in [-0.2, 0) is 9.59 Å². The number of ether oxygens (including phenoxy) is 1. The maximum absolute atomic E-state index is 12.2. The normalized spacial score (nSPS) is 13.1. The van der Waals surface area contributed by atoms with E-state index in [0.717, 1.165) is 18.5 Å². The van der Waals surface area contributed by atoms with Crippen molar-refractivity contribution in [2.45, 2.75) is 23.2 Å². The van der Waals surface area contributed by atoms with Gasteiger partial charge >= 0.3 is 0 Å². The lowest BCUT2D eigenvalue weighted by molar-refractivity contribution is -0.132. The Morgan fingerprint density at radius 3 is 2.85 bits per heavy atom. The molecule has 0 atom stereocenters. The lowest BCUT2D eigenvalue weighted by Gasteiger charge is -2.16. The van der Waals surface area contributed by atoms with Crippen molar-refractivity contribution >= 4 is 45.7 Å². The Bertz CT molecular complexity index is 809. The first-order chi connectivity index (χ1) is 13.0. The van der Waals surface area contributed by atoms with Gasteiger partial charge in [-0.15, -0.1) is 10.2 Å². The third kappa shape index (κ3) is 5.83. The molecule has 2 amide bonds. The van der Waals surface area contributed by atoms with Crippen LogP contribution in [0.2, 0.25) is 0 Å². The summed E-state index contributed by atoms with van der Waals surface area (Å²) in [6.07, 6.45) is 2.06. The number of carbonyl (C=O) groups is 2. The van der Waals surface area contributed by atoms with E-state index in [1.165, 1.54) is 28.0 Å². The molecule has 1 aromatic heterocycles. The predicted octanol–water partition coefficient (Wildman–Crippen LogP) is 2.12. The number of likely N-dealkylation sites (N-methyl/N-ethyl adjacent to an activating group) is 1. The van der Waals surface area contributed by atoms with Crippen LogP contribution >= 0.6 is 23.1 Å². The number of benzene rings is 1. The Morgan fingerprint density at radius 2 is 2.11 bits per heavy atom. The van der Waals surface area contributed by atoms with Crippen molar-refractivity contribution in [2.75, 3.05) is 31.8 Å². The van der Waals surface area contributed by atoms with Crippen LogP contribution < -0.4 is 15.4 Å². The summed E-state index contributed by atoms with van der Waals surface area (Å²) in [6, 6.07) is 7.82. The molecule has 10 heteroatoms. The quantitative estimate of drug-likeness (QED) is 0.615. The molecule has 3 rings (SSSR count). The minimum atomic E-state index is -0.125. The van der Waals surface area contributed by atoms with Gasteiger partial charge in [0.05, 0.1) is 25.1 Å². The molecule has 1 aromatic carbocycles. The number of aromatic nitrogens is 2. The molecule has 2 aromatic rings. The van der Waals surface area contributed by atoms with Gasteiger partial charge in [-0.2, -0.15) is 0 Å². The first kappa shape index (κ1) is 19.4. The smallest absolute Gasteiger partial charge is 0.239 e. The summed E-state index contributed by atoms with van der Waals surface area (Å²) in [5.41, 5.74) is 0.796. The van der Waals surface area contributed by atoms with Crippen LogP contribution in [0.3, 0.4) is 0 Å². The molecular formula is C17H21N5O3S2. The molecule has 144 valence electrons. The third-order valence-corrected chi connectivity index (χ3v) is 5.78. The zero-order valence-electron chi connectivity index (χ0n) is 15.1. The molecule has 0 radical (unpaired) electrons. The SMILES string of the molecule is COc1ccccc1Nc1nnc(SCC(=O)N(C)CC(=O)NC2CC2)s1. The number of rotatable bonds is 9. The summed E-state index contributed by atoms with van der Waals surface area (Å²) in [4.78, 5) is 25.4. The van der Waals surface area contributed by atoms with Crippen LogP contribution in [0, 0.1) is 0 Å². The first-order valence-corrected chi connectivity index (χ1v) is 10.2. The number of nitrogens with zero attached hydrogens (tertiary/aromatic N) is 3. The van der Waals surface area contributed by atoms with E-state index in [1.54, 1.807) is 14.2 Å². The summed E-state index contributed by atoms with van der Waals surface area (Å²) in [7, 11) is 3.24. The molecule has 1 aliphatic rings. The van der Waals surface area contributed by atoms with Crippen molar-refractivity contribution in [3.05, 3.63) is 24.3 Å². The third-order valence-electron chi connectivity index (χ3n) is 3.82. The van der Waals surface area contributed by atoms with E-state index >= 15 is 0 Å². The van der Waals surface area contributed by atoms with Crippen LogP contribution in [0.1, 0.15) is 12.8 Å². The van der Waals surface area contributed by atoms with Gasteiger partial charge in [0.25, 0.3) is 0 Å². The number of methoxy groups -OCH3 is 1. The van der Waals surface area contributed by atoms with E-state index in [1.807, 2.05) is 24.3 Å². The van der Waals surface area contributed by atoms with Crippen LogP contribution in [-0.4, -0.2) is 59.4 Å². The largest absolute Gasteiger partial charge is 0.495 e. The fourth-order valence-corrected chi connectivity index (χ4v) is 3.92. The lowest BCUT2D eigenvalue weighted by atomic mass is 10.3. The van der Waals surface area contributed by atoms with Crippen LogP contribution in [0.15, 0.2) is 28.6 Å². The zero-order valence-corrected chi connectivity index (χ0v) is 16.7. The number of anilines is 2. The Morgan fingerprint density at radius 1 is 1.33 bits per heavy atom. The van der Waals surface area contributed by atoms with E-state index in [0.29, 0.717) is 21.3 Å². The van der Waals surface area contributed by atoms with Crippen LogP contribution in [0.25, 0.3) is 0 Å². The summed E-state index contributed by atoms with van der Waals surface area (Å²) in [6.45, 7) is 0.0760. The molecular weight excluding hydrogens is 386 g/mol. The van der Waals surface area contributed by atoms with Crippen molar-refractivity contribution in [1.29, 1.82) is 0 Å². The van der Waals surface area contributed by atoms with Gasteiger partial charge in [-0.3, -0.25) is 9.59 Å². The number of thioether (sulfide) groups is 1. The number of hydrogen-bond acceptors (Lipinski definition) is 8. The van der Waals surface area contributed by atoms with E-state index in [4.69, 9.17) is 4.74 Å². The van der Waals surface area contributed by atoms with Gasteiger partial charge in [-0.05, 0) is 25.0 Å². The minimum Gasteiger partial charge on any atom is -0.495 e. The lowest BCUT2D eigenvalue weighted by Crippen LogP contribution is -2.39. The number of amides is 2. The molecule has 1 aliphatic carbocycles. The Kier molecular flexibility index (Phi) is 6.51. The molecule has 0 spiro atoms. The Balaban J connectivity index is 1.47. The number of nitrogens with one attached hydrogen (secondary N) is 2. The first-order valence-electron chi connectivity index (χ1n) is 8.45. The van der Waals surface area contributed by atoms with Crippen molar-refractivity contribution < 1.29 is 14.3 Å². The number of para-hydroxylation sites is 2. The van der Waals surface area contributed by atoms with E-state index < -0.39 is 0 Å². The molecule has 0 saturated heterocycles. The summed E-state index contributed by atoms with van der Waals surface area (Å²) < 4.78 is 5.97. The number of hydrogen-bond donors (Lipinski definition) is 2. The second-order valence-electron chi connectivity index (χ2n) is 6.08. The van der Waals surface area contributed by atoms with Crippen molar-refractivity contribution in [2.24, 2.45) is 0 Å². The summed E-state index contributed by atoms with van der Waals surface area (Å²) in [5, 5.41) is 14.8. The van der Waals surface area contributed by atoms with Gasteiger partial charge in [0.2, 0.25) is 16.9 Å². The zero-order chi connectivity index (χ0) is 19.2. The van der Waals surface area contributed by atoms with Crippen molar-refractivity contribution in [1.82, 2.24) is 20.4 Å². The maximum Gasteiger partial charge on any atom is 0.239 e. The van der Waals surface area contributed by atoms with Crippen LogP contribution in [0.4, 0.5) is 10.8 Å². The van der Waals surface area contributed by atoms with Gasteiger partial charge in [-0.1, -0.05) is 35.2 Å². The van der Waals surface area contributed by atoms with Gasteiger partial charge in [0, 0.05) is 13.1 Å². The molecule has 0 aliphatic heterocycles. The molecule has 0 unspecified atom stereocenters. The van der Waals surface area contributed by atoms with Gasteiger partial charge < -0.3 is 20.3 Å². The second-order valence-corrected chi connectivity index (χ2v) is 8.28. The average molecular weight is 408 g/mol. The van der Waals surface area contributed by atoms with E-state index in [-0.39, 0.29) is 24.1 Å². The Hall–Kier alpha value is -2.33. The molecule has 1 saturated carbocycles. The molecule has 2 N–H and O–H groups in total. The average Bonchev–Trinajstić information content (AvgIpc) is 3.36. The molecule has 8 nitrogen and oxygen atoms in total. The van der Waals surface area contributed by atoms with Crippen molar-refractivity contribution in [3.63, 3.8) is 0 Å². The Labute approximate surface area is 165 Å². The molecule has 1 fully saturated rings. The van der Waals surface area contributed by atoms with Gasteiger partial charge in [-0.25, -0.2) is 0 Å². The maximum atomic E-state index is 12.2. The van der Waals surface area contributed by atoms with Gasteiger partial charge in [0.15, 0.2) is 4.34 Å². The fourth-order valence-electron chi connectivity index (χ4n) is 2.22. The van der Waals surface area contributed by atoms with E-state index in [2.05, 4.69) is 20.8 Å². The highest BCUT2D eigenvalue weighted by molar-refractivity contribution is 8.01. The van der Waals surface area contributed by atoms with Gasteiger partial charge in [0.1, 0.15) is 5.75 Å². The highest BCUT2D eigenvalue weighted by Crippen LogP contribution is 2.31. The fraction of sp³-hybridized carbons (Fsp3) is 0.412. The predicted molar refractivity (Wildman–Crippen MR) is 106 cm³/mol. The summed E-state index contributed by atoms with van der Waals surface area (Å²) in [5.74, 6) is 0.678. The minimum absolute atomic E-state index is 0.0760.